The summed E-state index contributed by atoms with van der Waals surface area (Å²) in [6.07, 6.45) is 56.7. The van der Waals surface area contributed by atoms with E-state index < -0.39 is 6.10 Å². The highest BCUT2D eigenvalue weighted by molar-refractivity contribution is 5.71. The average molecular weight is 962 g/mol. The summed E-state index contributed by atoms with van der Waals surface area (Å²) < 4.78 is 16.9. The van der Waals surface area contributed by atoms with Crippen LogP contribution in [0.25, 0.3) is 0 Å². The monoisotopic (exact) mass is 961 g/mol. The maximum atomic E-state index is 12.9. The van der Waals surface area contributed by atoms with Crippen LogP contribution < -0.4 is 0 Å². The molecule has 0 amide bonds. The molecule has 6 heteroatoms. The first-order valence-electron chi connectivity index (χ1n) is 30.6. The fraction of sp³-hybridized carbons (Fsp3) is 0.952. The van der Waals surface area contributed by atoms with Crippen molar-refractivity contribution in [2.24, 2.45) is 17.8 Å². The molecule has 0 aliphatic heterocycles. The van der Waals surface area contributed by atoms with E-state index >= 15 is 0 Å². The molecule has 0 radical (unpaired) electrons. The second kappa shape index (κ2) is 53.2. The molecule has 0 saturated heterocycles. The van der Waals surface area contributed by atoms with Gasteiger partial charge in [0.05, 0.1) is 0 Å². The number of ether oxygens (including phenoxy) is 3. The zero-order valence-corrected chi connectivity index (χ0v) is 46.9. The van der Waals surface area contributed by atoms with Crippen LogP contribution in [0.2, 0.25) is 0 Å². The van der Waals surface area contributed by atoms with Crippen molar-refractivity contribution < 1.29 is 28.6 Å². The molecule has 0 heterocycles. The molecular weight excluding hydrogens is 841 g/mol. The lowest BCUT2D eigenvalue weighted by molar-refractivity contribution is -0.167. The van der Waals surface area contributed by atoms with Gasteiger partial charge in [-0.25, -0.2) is 0 Å². The van der Waals surface area contributed by atoms with Gasteiger partial charge >= 0.3 is 17.9 Å². The van der Waals surface area contributed by atoms with E-state index in [0.29, 0.717) is 19.3 Å². The molecule has 0 fully saturated rings. The molecule has 404 valence electrons. The lowest BCUT2D eigenvalue weighted by Gasteiger charge is -2.18. The van der Waals surface area contributed by atoms with Gasteiger partial charge in [0.1, 0.15) is 13.2 Å². The minimum Gasteiger partial charge on any atom is -0.462 e. The van der Waals surface area contributed by atoms with Gasteiger partial charge < -0.3 is 14.2 Å². The molecular formula is C62H120O6. The van der Waals surface area contributed by atoms with Gasteiger partial charge in [-0.1, -0.05) is 305 Å². The first-order valence-corrected chi connectivity index (χ1v) is 30.6. The molecule has 0 aliphatic carbocycles. The number of hydrogen-bond donors (Lipinski definition) is 0. The van der Waals surface area contributed by atoms with Crippen LogP contribution in [0.4, 0.5) is 0 Å². The maximum absolute atomic E-state index is 12.9. The van der Waals surface area contributed by atoms with Crippen LogP contribution in [-0.4, -0.2) is 37.2 Å². The quantitative estimate of drug-likeness (QED) is 0.0343. The third kappa shape index (κ3) is 55.3. The zero-order valence-electron chi connectivity index (χ0n) is 46.9. The average Bonchev–Trinajstić information content (AvgIpc) is 3.30. The molecule has 0 spiro atoms. The Kier molecular flexibility index (Phi) is 52.0. The van der Waals surface area contributed by atoms with Crippen molar-refractivity contribution in [3.8, 4) is 0 Å². The molecule has 0 saturated carbocycles. The second-order valence-corrected chi connectivity index (χ2v) is 22.8. The summed E-state index contributed by atoms with van der Waals surface area (Å²) in [6, 6.07) is 0. The SMILES string of the molecule is CC(C)CCCCCCCCCCCCCCCCCCC(=O)O[C@@H](COC(=O)CCCCCCCCCCCCCCCCC(C)C)COC(=O)CCCCCCCCCCCCCC(C)C. The Bertz CT molecular complexity index is 1050. The highest BCUT2D eigenvalue weighted by atomic mass is 16.6. The van der Waals surface area contributed by atoms with Crippen LogP contribution in [0, 0.1) is 17.8 Å². The number of rotatable bonds is 55. The van der Waals surface area contributed by atoms with Gasteiger partial charge in [-0.3, -0.25) is 14.4 Å². The van der Waals surface area contributed by atoms with Gasteiger partial charge in [0.15, 0.2) is 6.10 Å². The smallest absolute Gasteiger partial charge is 0.306 e. The van der Waals surface area contributed by atoms with Crippen LogP contribution in [0.15, 0.2) is 0 Å². The number of esters is 3. The molecule has 0 aliphatic rings. The first-order chi connectivity index (χ1) is 33.1. The fourth-order valence-electron chi connectivity index (χ4n) is 9.53. The van der Waals surface area contributed by atoms with Gasteiger partial charge in [-0.15, -0.1) is 0 Å². The molecule has 0 aromatic carbocycles. The normalized spacial score (nSPS) is 12.1. The third-order valence-corrected chi connectivity index (χ3v) is 14.1. The van der Waals surface area contributed by atoms with E-state index in [-0.39, 0.29) is 31.1 Å². The van der Waals surface area contributed by atoms with Gasteiger partial charge in [-0.05, 0) is 37.0 Å². The highest BCUT2D eigenvalue weighted by Gasteiger charge is 2.19. The fourth-order valence-corrected chi connectivity index (χ4v) is 9.53. The minimum atomic E-state index is -0.764. The minimum absolute atomic E-state index is 0.0630. The van der Waals surface area contributed by atoms with E-state index in [4.69, 9.17) is 14.2 Å². The second-order valence-electron chi connectivity index (χ2n) is 22.8. The van der Waals surface area contributed by atoms with Crippen LogP contribution in [0.3, 0.4) is 0 Å². The molecule has 0 aromatic rings. The lowest BCUT2D eigenvalue weighted by atomic mass is 10.0. The molecule has 0 aromatic heterocycles. The van der Waals surface area contributed by atoms with Crippen molar-refractivity contribution >= 4 is 17.9 Å². The summed E-state index contributed by atoms with van der Waals surface area (Å²) in [4.78, 5) is 38.2. The van der Waals surface area contributed by atoms with E-state index in [1.165, 1.54) is 225 Å². The Labute approximate surface area is 425 Å². The van der Waals surface area contributed by atoms with Crippen molar-refractivity contribution in [2.75, 3.05) is 13.2 Å². The number of carbonyl (C=O) groups is 3. The Morgan fingerprint density at radius 3 is 0.632 bits per heavy atom. The Balaban J connectivity index is 4.29. The molecule has 0 unspecified atom stereocenters. The highest BCUT2D eigenvalue weighted by Crippen LogP contribution is 2.19. The van der Waals surface area contributed by atoms with Gasteiger partial charge in [0.2, 0.25) is 0 Å². The molecule has 0 rings (SSSR count). The summed E-state index contributed by atoms with van der Waals surface area (Å²) in [5.74, 6) is 1.68. The van der Waals surface area contributed by atoms with E-state index in [0.717, 1.165) is 75.5 Å². The van der Waals surface area contributed by atoms with Gasteiger partial charge in [0, 0.05) is 19.3 Å². The molecule has 6 nitrogen and oxygen atoms in total. The summed E-state index contributed by atoms with van der Waals surface area (Å²) in [5.41, 5.74) is 0. The van der Waals surface area contributed by atoms with Crippen molar-refractivity contribution in [2.45, 2.75) is 349 Å². The largest absolute Gasteiger partial charge is 0.462 e. The Hall–Kier alpha value is -1.59. The predicted octanol–water partition coefficient (Wildman–Crippen LogP) is 20.3. The maximum Gasteiger partial charge on any atom is 0.306 e. The molecule has 0 N–H and O–H groups in total. The number of hydrogen-bond acceptors (Lipinski definition) is 6. The van der Waals surface area contributed by atoms with Crippen molar-refractivity contribution in [3.05, 3.63) is 0 Å². The van der Waals surface area contributed by atoms with Crippen LogP contribution >= 0.6 is 0 Å². The number of unbranched alkanes of at least 4 members (excludes halogenated alkanes) is 38. The summed E-state index contributed by atoms with van der Waals surface area (Å²) in [5, 5.41) is 0. The number of carbonyl (C=O) groups excluding carboxylic acids is 3. The summed E-state index contributed by atoms with van der Waals surface area (Å²) in [6.45, 7) is 13.8. The first kappa shape index (κ1) is 66.4. The summed E-state index contributed by atoms with van der Waals surface area (Å²) >= 11 is 0. The molecule has 1 atom stereocenters. The van der Waals surface area contributed by atoms with Crippen LogP contribution in [0.5, 0.6) is 0 Å². The van der Waals surface area contributed by atoms with E-state index in [9.17, 15) is 14.4 Å². The van der Waals surface area contributed by atoms with E-state index in [2.05, 4.69) is 41.5 Å². The molecule has 0 bridgehead atoms. The predicted molar refractivity (Wildman–Crippen MR) is 293 cm³/mol. The van der Waals surface area contributed by atoms with Gasteiger partial charge in [0.25, 0.3) is 0 Å². The summed E-state index contributed by atoms with van der Waals surface area (Å²) in [7, 11) is 0. The van der Waals surface area contributed by atoms with Crippen LogP contribution in [0.1, 0.15) is 343 Å². The Morgan fingerprint density at radius 1 is 0.250 bits per heavy atom. The van der Waals surface area contributed by atoms with Crippen molar-refractivity contribution in [3.63, 3.8) is 0 Å². The van der Waals surface area contributed by atoms with Crippen molar-refractivity contribution in [1.82, 2.24) is 0 Å². The third-order valence-electron chi connectivity index (χ3n) is 14.1. The van der Waals surface area contributed by atoms with Crippen LogP contribution in [-0.2, 0) is 28.6 Å². The van der Waals surface area contributed by atoms with E-state index in [1.54, 1.807) is 0 Å². The zero-order chi connectivity index (χ0) is 49.8. The van der Waals surface area contributed by atoms with Gasteiger partial charge in [-0.2, -0.15) is 0 Å². The van der Waals surface area contributed by atoms with Crippen molar-refractivity contribution in [1.29, 1.82) is 0 Å². The Morgan fingerprint density at radius 2 is 0.426 bits per heavy atom. The van der Waals surface area contributed by atoms with E-state index in [1.807, 2.05) is 0 Å². The topological polar surface area (TPSA) is 78.9 Å². The standard InChI is InChI=1S/C62H120O6/c1-56(2)48-42-36-30-24-18-13-9-7-8-10-16-22-29-35-41-47-53-62(65)68-59(55-67-61(64)52-46-40-34-28-23-17-20-26-32-38-44-50-58(5)6)54-66-60(63)51-45-39-33-27-21-15-12-11-14-19-25-31-37-43-49-57(3)4/h56-59H,7-55H2,1-6H3/t59-/m0/s1. The molecule has 68 heavy (non-hydrogen) atoms. The lowest BCUT2D eigenvalue weighted by Crippen LogP contribution is -2.30.